The molecule has 0 radical (unpaired) electrons. The van der Waals surface area contributed by atoms with Crippen molar-refractivity contribution >= 4 is 5.97 Å². The Balaban J connectivity index is 0. The second-order valence-electron chi connectivity index (χ2n) is 12.0. The minimum atomic E-state index is -0.717. The molecule has 0 aromatic rings. The summed E-state index contributed by atoms with van der Waals surface area (Å²) in [7, 11) is 0. The zero-order chi connectivity index (χ0) is 29.1. The summed E-state index contributed by atoms with van der Waals surface area (Å²) in [5, 5.41) is 20.8. The molecule has 0 amide bonds. The normalized spacial score (nSPS) is 11.8. The average molecular weight is 556 g/mol. The summed E-state index contributed by atoms with van der Waals surface area (Å²) in [6.07, 6.45) is 37.2. The van der Waals surface area contributed by atoms with Gasteiger partial charge in [-0.05, 0) is 26.3 Å². The number of nitrogens with one attached hydrogen (secondary N) is 1. The van der Waals surface area contributed by atoms with Crippen LogP contribution in [-0.4, -0.2) is 35.4 Å². The van der Waals surface area contributed by atoms with E-state index in [0.29, 0.717) is 6.54 Å². The number of carboxylic acids is 1. The highest BCUT2D eigenvalue weighted by molar-refractivity contribution is 5.66. The van der Waals surface area contributed by atoms with Crippen LogP contribution in [0.3, 0.4) is 0 Å². The predicted molar refractivity (Wildman–Crippen MR) is 173 cm³/mol. The summed E-state index contributed by atoms with van der Waals surface area (Å²) in [5.74, 6) is -0.717. The number of rotatable bonds is 31. The van der Waals surface area contributed by atoms with Gasteiger partial charge in [0.25, 0.3) is 0 Å². The number of carboxylic acid groups (broad SMARTS) is 1. The third kappa shape index (κ3) is 44.6. The highest BCUT2D eigenvalue weighted by atomic mass is 16.4. The van der Waals surface area contributed by atoms with Crippen molar-refractivity contribution in [3.8, 4) is 0 Å². The minimum Gasteiger partial charge on any atom is -0.481 e. The van der Waals surface area contributed by atoms with E-state index < -0.39 is 5.97 Å². The van der Waals surface area contributed by atoms with E-state index in [1.165, 1.54) is 167 Å². The van der Waals surface area contributed by atoms with Crippen molar-refractivity contribution in [1.29, 1.82) is 0 Å². The van der Waals surface area contributed by atoms with E-state index in [9.17, 15) is 4.79 Å². The Morgan fingerprint density at radius 2 is 0.821 bits per heavy atom. The lowest BCUT2D eigenvalue weighted by atomic mass is 10.0. The molecule has 0 aromatic heterocycles. The zero-order valence-electron chi connectivity index (χ0n) is 27.1. The van der Waals surface area contributed by atoms with Crippen molar-refractivity contribution in [1.82, 2.24) is 5.32 Å². The van der Waals surface area contributed by atoms with E-state index in [4.69, 9.17) is 10.2 Å². The summed E-state index contributed by atoms with van der Waals surface area (Å²) in [6, 6.07) is 0. The SMILES string of the molecule is CCCCCCCCCCCCCCCCCCC(C)O.CCCCCCCCCCCCNCCC(=O)O. The molecule has 0 heterocycles. The second kappa shape index (κ2) is 37.4. The highest BCUT2D eigenvalue weighted by Crippen LogP contribution is 2.14. The molecular weight excluding hydrogens is 482 g/mol. The monoisotopic (exact) mass is 556 g/mol. The van der Waals surface area contributed by atoms with Gasteiger partial charge in [0.1, 0.15) is 0 Å². The largest absolute Gasteiger partial charge is 0.481 e. The molecule has 0 fully saturated rings. The molecule has 4 nitrogen and oxygen atoms in total. The van der Waals surface area contributed by atoms with Crippen LogP contribution < -0.4 is 5.32 Å². The van der Waals surface area contributed by atoms with Gasteiger partial charge >= 0.3 is 5.97 Å². The van der Waals surface area contributed by atoms with Crippen LogP contribution >= 0.6 is 0 Å². The molecule has 0 bridgehead atoms. The van der Waals surface area contributed by atoms with E-state index in [-0.39, 0.29) is 12.5 Å². The van der Waals surface area contributed by atoms with Crippen molar-refractivity contribution in [2.45, 2.75) is 207 Å². The van der Waals surface area contributed by atoms with Crippen molar-refractivity contribution < 1.29 is 15.0 Å². The lowest BCUT2D eigenvalue weighted by Crippen LogP contribution is -2.19. The van der Waals surface area contributed by atoms with Crippen LogP contribution in [0.25, 0.3) is 0 Å². The van der Waals surface area contributed by atoms with Crippen molar-refractivity contribution in [3.63, 3.8) is 0 Å². The first-order valence-corrected chi connectivity index (χ1v) is 17.6. The van der Waals surface area contributed by atoms with Gasteiger partial charge in [0, 0.05) is 6.54 Å². The van der Waals surface area contributed by atoms with Gasteiger partial charge < -0.3 is 15.5 Å². The molecule has 0 aliphatic rings. The van der Waals surface area contributed by atoms with E-state index in [2.05, 4.69) is 19.2 Å². The number of aliphatic hydroxyl groups excluding tert-OH is 1. The Hall–Kier alpha value is -0.610. The third-order valence-corrected chi connectivity index (χ3v) is 7.70. The predicted octanol–water partition coefficient (Wildman–Crippen LogP) is 11.0. The third-order valence-electron chi connectivity index (χ3n) is 7.70. The molecule has 0 spiro atoms. The lowest BCUT2D eigenvalue weighted by molar-refractivity contribution is -0.136. The molecule has 0 aliphatic heterocycles. The van der Waals surface area contributed by atoms with Gasteiger partial charge in [-0.1, -0.05) is 174 Å². The zero-order valence-corrected chi connectivity index (χ0v) is 27.1. The number of aliphatic hydroxyl groups is 1. The molecule has 1 unspecified atom stereocenters. The van der Waals surface area contributed by atoms with Crippen molar-refractivity contribution in [2.24, 2.45) is 0 Å². The van der Waals surface area contributed by atoms with Crippen LogP contribution in [0.1, 0.15) is 201 Å². The fraction of sp³-hybridized carbons (Fsp3) is 0.971. The van der Waals surface area contributed by atoms with E-state index in [1.807, 2.05) is 6.92 Å². The maximum atomic E-state index is 10.3. The van der Waals surface area contributed by atoms with Crippen LogP contribution in [0.4, 0.5) is 0 Å². The summed E-state index contributed by atoms with van der Waals surface area (Å²) in [6.45, 7) is 8.00. The van der Waals surface area contributed by atoms with Gasteiger partial charge in [0.05, 0.1) is 12.5 Å². The smallest absolute Gasteiger partial charge is 0.304 e. The Kier molecular flexibility index (Phi) is 38.9. The Morgan fingerprint density at radius 3 is 1.13 bits per heavy atom. The van der Waals surface area contributed by atoms with Gasteiger partial charge in [-0.2, -0.15) is 0 Å². The maximum Gasteiger partial charge on any atom is 0.304 e. The minimum absolute atomic E-state index is 0.100. The number of hydrogen-bond donors (Lipinski definition) is 3. The van der Waals surface area contributed by atoms with Gasteiger partial charge in [-0.3, -0.25) is 4.79 Å². The molecule has 0 saturated heterocycles. The summed E-state index contributed by atoms with van der Waals surface area (Å²) >= 11 is 0. The van der Waals surface area contributed by atoms with E-state index in [0.717, 1.165) is 13.0 Å². The highest BCUT2D eigenvalue weighted by Gasteiger charge is 1.97. The van der Waals surface area contributed by atoms with Crippen molar-refractivity contribution in [2.75, 3.05) is 13.1 Å². The fourth-order valence-electron chi connectivity index (χ4n) is 5.05. The standard InChI is InChI=1S/C20H42O.C15H31NO2/c1-3-4-5-6-7-8-9-10-11-12-13-14-15-16-17-18-19-20(2)21;1-2-3-4-5-6-7-8-9-10-11-13-16-14-12-15(17)18/h20-21H,3-19H2,1-2H3;16H,2-14H2,1H3,(H,17,18). The quantitative estimate of drug-likeness (QED) is 0.0744. The molecule has 1 atom stereocenters. The van der Waals surface area contributed by atoms with Gasteiger partial charge in [0.2, 0.25) is 0 Å². The maximum absolute atomic E-state index is 10.3. The molecule has 0 saturated carbocycles. The number of carbonyl (C=O) groups is 1. The fourth-order valence-corrected chi connectivity index (χ4v) is 5.05. The van der Waals surface area contributed by atoms with E-state index in [1.54, 1.807) is 0 Å². The molecule has 4 heteroatoms. The molecule has 39 heavy (non-hydrogen) atoms. The Morgan fingerprint density at radius 1 is 0.513 bits per heavy atom. The topological polar surface area (TPSA) is 69.6 Å². The average Bonchev–Trinajstić information content (AvgIpc) is 2.91. The van der Waals surface area contributed by atoms with Gasteiger partial charge in [0.15, 0.2) is 0 Å². The first kappa shape index (κ1) is 40.5. The summed E-state index contributed by atoms with van der Waals surface area (Å²) in [5.41, 5.74) is 0. The van der Waals surface area contributed by atoms with Crippen LogP contribution in [0.15, 0.2) is 0 Å². The summed E-state index contributed by atoms with van der Waals surface area (Å²) < 4.78 is 0. The number of hydrogen-bond acceptors (Lipinski definition) is 3. The van der Waals surface area contributed by atoms with Crippen LogP contribution in [-0.2, 0) is 4.79 Å². The first-order chi connectivity index (χ1) is 19.0. The van der Waals surface area contributed by atoms with E-state index >= 15 is 0 Å². The van der Waals surface area contributed by atoms with Crippen LogP contribution in [0.5, 0.6) is 0 Å². The second-order valence-corrected chi connectivity index (χ2v) is 12.0. The van der Waals surface area contributed by atoms with Crippen LogP contribution in [0.2, 0.25) is 0 Å². The molecule has 0 rings (SSSR count). The summed E-state index contributed by atoms with van der Waals surface area (Å²) in [4.78, 5) is 10.3. The number of unbranched alkanes of at least 4 members (excludes halogenated alkanes) is 24. The molecule has 0 aliphatic carbocycles. The molecule has 236 valence electrons. The lowest BCUT2D eigenvalue weighted by Gasteiger charge is -2.04. The molecule has 0 aromatic carbocycles. The van der Waals surface area contributed by atoms with Gasteiger partial charge in [-0.15, -0.1) is 0 Å². The Labute approximate surface area is 245 Å². The van der Waals surface area contributed by atoms with Crippen LogP contribution in [0, 0.1) is 0 Å². The first-order valence-electron chi connectivity index (χ1n) is 17.6. The Bertz CT molecular complexity index is 442. The molecular formula is C35H73NO3. The van der Waals surface area contributed by atoms with Crippen molar-refractivity contribution in [3.05, 3.63) is 0 Å². The number of aliphatic carboxylic acids is 1. The molecule has 3 N–H and O–H groups in total. The van der Waals surface area contributed by atoms with Gasteiger partial charge in [-0.25, -0.2) is 0 Å².